The van der Waals surface area contributed by atoms with E-state index >= 15 is 0 Å². The standard InChI is InChI=1S/C27H48O2/c1-9-24(5,6)18-26(8,25(7,10-2)11-3)23(28)29-27(12-4)21-14-19-13-20(16-21)17-22(27)15-19/h19-22H,9-18H2,1-8H3. The predicted molar refractivity (Wildman–Crippen MR) is 122 cm³/mol. The molecule has 0 aliphatic heterocycles. The summed E-state index contributed by atoms with van der Waals surface area (Å²) in [5, 5.41) is 0. The van der Waals surface area contributed by atoms with Crippen LogP contribution in [-0.2, 0) is 9.53 Å². The molecule has 0 spiro atoms. The maximum atomic E-state index is 14.2. The molecule has 0 aromatic rings. The maximum absolute atomic E-state index is 14.2. The van der Waals surface area contributed by atoms with Crippen molar-refractivity contribution in [3.8, 4) is 0 Å². The van der Waals surface area contributed by atoms with Crippen LogP contribution < -0.4 is 0 Å². The van der Waals surface area contributed by atoms with Gasteiger partial charge in [-0.25, -0.2) is 0 Å². The first-order chi connectivity index (χ1) is 13.5. The van der Waals surface area contributed by atoms with Gasteiger partial charge in [0.2, 0.25) is 0 Å². The molecule has 0 radical (unpaired) electrons. The van der Waals surface area contributed by atoms with Crippen molar-refractivity contribution in [1.82, 2.24) is 0 Å². The average molecular weight is 405 g/mol. The number of hydrogen-bond acceptors (Lipinski definition) is 2. The number of carbonyl (C=O) groups is 1. The minimum atomic E-state index is -0.438. The molecule has 2 heteroatoms. The number of carbonyl (C=O) groups excluding carboxylic acids is 1. The fourth-order valence-electron chi connectivity index (χ4n) is 7.73. The largest absolute Gasteiger partial charge is 0.458 e. The molecule has 0 saturated heterocycles. The molecule has 4 rings (SSSR count). The first-order valence-electron chi connectivity index (χ1n) is 12.7. The van der Waals surface area contributed by atoms with Gasteiger partial charge in [-0.3, -0.25) is 4.79 Å². The Morgan fingerprint density at radius 1 is 0.828 bits per heavy atom. The second kappa shape index (κ2) is 7.86. The van der Waals surface area contributed by atoms with E-state index in [1.165, 1.54) is 32.1 Å². The monoisotopic (exact) mass is 404 g/mol. The highest BCUT2D eigenvalue weighted by Gasteiger charge is 2.61. The van der Waals surface area contributed by atoms with Gasteiger partial charge in [-0.15, -0.1) is 0 Å². The van der Waals surface area contributed by atoms with Crippen molar-refractivity contribution in [2.75, 3.05) is 0 Å². The highest BCUT2D eigenvalue weighted by molar-refractivity contribution is 5.78. The van der Waals surface area contributed by atoms with Gasteiger partial charge in [0.1, 0.15) is 5.60 Å². The summed E-state index contributed by atoms with van der Waals surface area (Å²) in [6.45, 7) is 18.3. The summed E-state index contributed by atoms with van der Waals surface area (Å²) in [5.41, 5.74) is -0.516. The number of hydrogen-bond donors (Lipinski definition) is 0. The summed E-state index contributed by atoms with van der Waals surface area (Å²) >= 11 is 0. The smallest absolute Gasteiger partial charge is 0.312 e. The number of ether oxygens (including phenoxy) is 1. The van der Waals surface area contributed by atoms with E-state index in [2.05, 4.69) is 55.4 Å². The van der Waals surface area contributed by atoms with E-state index in [0.29, 0.717) is 11.8 Å². The molecular weight excluding hydrogens is 356 g/mol. The van der Waals surface area contributed by atoms with Gasteiger partial charge in [-0.05, 0) is 99.2 Å². The third kappa shape index (κ3) is 3.69. The first kappa shape index (κ1) is 23.1. The molecule has 4 fully saturated rings. The molecule has 0 heterocycles. The van der Waals surface area contributed by atoms with Crippen LogP contribution >= 0.6 is 0 Å². The van der Waals surface area contributed by atoms with E-state index in [4.69, 9.17) is 4.74 Å². The van der Waals surface area contributed by atoms with E-state index < -0.39 is 5.41 Å². The molecule has 29 heavy (non-hydrogen) atoms. The lowest BCUT2D eigenvalue weighted by molar-refractivity contribution is -0.226. The molecule has 0 amide bonds. The van der Waals surface area contributed by atoms with Gasteiger partial charge < -0.3 is 4.74 Å². The molecule has 4 saturated carbocycles. The Hall–Kier alpha value is -0.530. The number of rotatable bonds is 9. The van der Waals surface area contributed by atoms with Crippen molar-refractivity contribution in [3.05, 3.63) is 0 Å². The van der Waals surface area contributed by atoms with Crippen molar-refractivity contribution in [2.45, 2.75) is 125 Å². The highest BCUT2D eigenvalue weighted by Crippen LogP contribution is 2.62. The van der Waals surface area contributed by atoms with Gasteiger partial charge in [0.05, 0.1) is 5.41 Å². The Morgan fingerprint density at radius 2 is 1.31 bits per heavy atom. The molecule has 0 aromatic carbocycles. The van der Waals surface area contributed by atoms with Crippen LogP contribution in [0.15, 0.2) is 0 Å². The molecule has 2 nitrogen and oxygen atoms in total. The lowest BCUT2D eigenvalue weighted by Crippen LogP contribution is -2.61. The maximum Gasteiger partial charge on any atom is 0.312 e. The molecule has 4 aliphatic carbocycles. The zero-order valence-electron chi connectivity index (χ0n) is 20.7. The van der Waals surface area contributed by atoms with Gasteiger partial charge in [-0.1, -0.05) is 54.9 Å². The summed E-state index contributed by atoms with van der Waals surface area (Å²) in [6, 6.07) is 0. The topological polar surface area (TPSA) is 26.3 Å². The minimum Gasteiger partial charge on any atom is -0.458 e. The second-order valence-corrected chi connectivity index (χ2v) is 12.3. The molecule has 168 valence electrons. The molecule has 4 bridgehead atoms. The van der Waals surface area contributed by atoms with Gasteiger partial charge in [0.15, 0.2) is 0 Å². The highest BCUT2D eigenvalue weighted by atomic mass is 16.6. The second-order valence-electron chi connectivity index (χ2n) is 12.3. The van der Waals surface area contributed by atoms with Crippen LogP contribution in [0.3, 0.4) is 0 Å². The molecular formula is C27H48O2. The van der Waals surface area contributed by atoms with Gasteiger partial charge in [-0.2, -0.15) is 0 Å². The van der Waals surface area contributed by atoms with Crippen molar-refractivity contribution in [3.63, 3.8) is 0 Å². The lowest BCUT2D eigenvalue weighted by Gasteiger charge is -2.61. The Balaban J connectivity index is 1.93. The zero-order valence-corrected chi connectivity index (χ0v) is 20.7. The van der Waals surface area contributed by atoms with E-state index in [0.717, 1.165) is 43.9 Å². The minimum absolute atomic E-state index is 0.0304. The average Bonchev–Trinajstić information content (AvgIpc) is 2.69. The summed E-state index contributed by atoms with van der Waals surface area (Å²) in [7, 11) is 0. The summed E-state index contributed by atoms with van der Waals surface area (Å²) < 4.78 is 6.83. The Kier molecular flexibility index (Phi) is 6.28. The van der Waals surface area contributed by atoms with Crippen LogP contribution in [0.2, 0.25) is 0 Å². The summed E-state index contributed by atoms with van der Waals surface area (Å²) in [5.74, 6) is 3.12. The summed E-state index contributed by atoms with van der Waals surface area (Å²) in [6.07, 6.45) is 11.7. The van der Waals surface area contributed by atoms with Crippen molar-refractivity contribution < 1.29 is 9.53 Å². The number of esters is 1. The fraction of sp³-hybridized carbons (Fsp3) is 0.963. The van der Waals surface area contributed by atoms with Crippen molar-refractivity contribution in [2.24, 2.45) is 39.9 Å². The quantitative estimate of drug-likeness (QED) is 0.366. The fourth-order valence-corrected chi connectivity index (χ4v) is 7.73. The lowest BCUT2D eigenvalue weighted by atomic mass is 9.49. The SMILES string of the molecule is CCC(C)(C)CC(C)(C(=O)OC1(CC)C2CC3CC(C2)CC1C3)C(C)(CC)CC. The Morgan fingerprint density at radius 3 is 1.69 bits per heavy atom. The van der Waals surface area contributed by atoms with E-state index in [1.54, 1.807) is 0 Å². The van der Waals surface area contributed by atoms with Gasteiger partial charge >= 0.3 is 5.97 Å². The zero-order chi connectivity index (χ0) is 21.7. The summed E-state index contributed by atoms with van der Waals surface area (Å²) in [4.78, 5) is 14.2. The molecule has 0 aromatic heterocycles. The van der Waals surface area contributed by atoms with Crippen LogP contribution in [-0.4, -0.2) is 11.6 Å². The first-order valence-corrected chi connectivity index (χ1v) is 12.7. The predicted octanol–water partition coefficient (Wildman–Crippen LogP) is 7.79. The van der Waals surface area contributed by atoms with Crippen LogP contribution in [0.5, 0.6) is 0 Å². The van der Waals surface area contributed by atoms with Crippen molar-refractivity contribution in [1.29, 1.82) is 0 Å². The van der Waals surface area contributed by atoms with Gasteiger partial charge in [0.25, 0.3) is 0 Å². The molecule has 1 atom stereocenters. The van der Waals surface area contributed by atoms with Crippen LogP contribution in [0.1, 0.15) is 120 Å². The van der Waals surface area contributed by atoms with Crippen LogP contribution in [0, 0.1) is 39.9 Å². The molecule has 1 unspecified atom stereocenters. The van der Waals surface area contributed by atoms with Gasteiger partial charge in [0, 0.05) is 0 Å². The van der Waals surface area contributed by atoms with Crippen molar-refractivity contribution >= 4 is 5.97 Å². The van der Waals surface area contributed by atoms with Crippen LogP contribution in [0.25, 0.3) is 0 Å². The molecule has 4 aliphatic rings. The van der Waals surface area contributed by atoms with E-state index in [-0.39, 0.29) is 22.4 Å². The Labute approximate surface area is 180 Å². The third-order valence-electron chi connectivity index (χ3n) is 10.5. The molecule has 0 N–H and O–H groups in total. The van der Waals surface area contributed by atoms with E-state index in [9.17, 15) is 4.79 Å². The third-order valence-corrected chi connectivity index (χ3v) is 10.5. The van der Waals surface area contributed by atoms with Crippen LogP contribution in [0.4, 0.5) is 0 Å². The normalized spacial score (nSPS) is 36.1. The van der Waals surface area contributed by atoms with E-state index in [1.807, 2.05) is 0 Å². The Bertz CT molecular complexity index is 572.